The molecule has 1 aliphatic rings. The monoisotopic (exact) mass is 313 g/mol. The first-order valence-corrected chi connectivity index (χ1v) is 7.76. The summed E-state index contributed by atoms with van der Waals surface area (Å²) in [7, 11) is 0. The quantitative estimate of drug-likeness (QED) is 0.678. The molecule has 8 nitrogen and oxygen atoms in total. The summed E-state index contributed by atoms with van der Waals surface area (Å²) >= 11 is 0. The van der Waals surface area contributed by atoms with Gasteiger partial charge in [-0.15, -0.1) is 5.10 Å². The van der Waals surface area contributed by atoms with Gasteiger partial charge in [0.1, 0.15) is 5.52 Å². The highest BCUT2D eigenvalue weighted by molar-refractivity contribution is 5.73. The molecule has 1 aliphatic heterocycles. The molecule has 3 N–H and O–H groups in total. The number of hydrogen-bond donors (Lipinski definition) is 3. The van der Waals surface area contributed by atoms with E-state index in [0.717, 1.165) is 48.8 Å². The zero-order chi connectivity index (χ0) is 15.8. The van der Waals surface area contributed by atoms with Crippen LogP contribution in [0.4, 0.5) is 17.6 Å². The highest BCUT2D eigenvalue weighted by Gasteiger charge is 2.21. The van der Waals surface area contributed by atoms with Gasteiger partial charge in [0.2, 0.25) is 5.95 Å². The first-order valence-electron chi connectivity index (χ1n) is 7.76. The Morgan fingerprint density at radius 1 is 1.35 bits per heavy atom. The van der Waals surface area contributed by atoms with E-state index in [4.69, 9.17) is 0 Å². The summed E-state index contributed by atoms with van der Waals surface area (Å²) in [5.74, 6) is 2.11. The van der Waals surface area contributed by atoms with Gasteiger partial charge in [0.25, 0.3) is 0 Å². The van der Waals surface area contributed by atoms with E-state index in [1.807, 2.05) is 35.8 Å². The molecule has 4 heterocycles. The molecule has 0 saturated carbocycles. The molecule has 0 spiro atoms. The zero-order valence-electron chi connectivity index (χ0n) is 12.9. The predicted molar refractivity (Wildman–Crippen MR) is 87.0 cm³/mol. The van der Waals surface area contributed by atoms with Crippen molar-refractivity contribution in [2.24, 2.45) is 0 Å². The Labute approximate surface area is 133 Å². The average molecular weight is 313 g/mol. The molecule has 0 aromatic carbocycles. The molecule has 1 saturated heterocycles. The molecule has 4 rings (SSSR count). The standard InChI is InChI=1S/C15H19N7O/c1-10-9-13(19-18-10)16-14-12-3-2-6-22(12)20-15(17-14)21-7-4-11(23)5-8-21/h2-3,6,9,11,23H,4-5,7-8H2,1H3,(H2,16,17,18,19,20). The maximum atomic E-state index is 9.67. The molecule has 0 atom stereocenters. The molecule has 0 bridgehead atoms. The second-order valence-corrected chi connectivity index (χ2v) is 5.88. The molecule has 0 unspecified atom stereocenters. The summed E-state index contributed by atoms with van der Waals surface area (Å²) in [5, 5.41) is 24.6. The van der Waals surface area contributed by atoms with Crippen LogP contribution < -0.4 is 10.2 Å². The number of aromatic nitrogens is 5. The summed E-state index contributed by atoms with van der Waals surface area (Å²) in [5.41, 5.74) is 1.88. The number of nitrogens with zero attached hydrogens (tertiary/aromatic N) is 5. The highest BCUT2D eigenvalue weighted by atomic mass is 16.3. The van der Waals surface area contributed by atoms with Crippen LogP contribution >= 0.6 is 0 Å². The topological polar surface area (TPSA) is 94.4 Å². The third kappa shape index (κ3) is 2.72. The minimum atomic E-state index is -0.216. The van der Waals surface area contributed by atoms with Crippen molar-refractivity contribution in [2.75, 3.05) is 23.3 Å². The van der Waals surface area contributed by atoms with Gasteiger partial charge in [-0.1, -0.05) is 0 Å². The molecule has 0 radical (unpaired) electrons. The minimum Gasteiger partial charge on any atom is -0.393 e. The Balaban J connectivity index is 1.69. The molecule has 3 aromatic rings. The van der Waals surface area contributed by atoms with Gasteiger partial charge in [0.05, 0.1) is 6.10 Å². The fourth-order valence-electron chi connectivity index (χ4n) is 2.82. The maximum absolute atomic E-state index is 9.67. The van der Waals surface area contributed by atoms with Gasteiger partial charge in [0.15, 0.2) is 11.6 Å². The average Bonchev–Trinajstić information content (AvgIpc) is 3.17. The van der Waals surface area contributed by atoms with Crippen LogP contribution in [0.15, 0.2) is 24.4 Å². The van der Waals surface area contributed by atoms with Gasteiger partial charge in [-0.3, -0.25) is 5.10 Å². The van der Waals surface area contributed by atoms with Crippen LogP contribution in [0.2, 0.25) is 0 Å². The second kappa shape index (κ2) is 5.54. The largest absolute Gasteiger partial charge is 0.393 e. The molecule has 3 aromatic heterocycles. The summed E-state index contributed by atoms with van der Waals surface area (Å²) in [6.07, 6.45) is 3.18. The molecule has 1 fully saturated rings. The van der Waals surface area contributed by atoms with Crippen LogP contribution in [0.1, 0.15) is 18.5 Å². The number of aliphatic hydroxyl groups excluding tert-OH is 1. The SMILES string of the molecule is Cc1cc(Nc2nc(N3CCC(O)CC3)nn3cccc23)n[nH]1. The van der Waals surface area contributed by atoms with Crippen LogP contribution in [0, 0.1) is 6.92 Å². The van der Waals surface area contributed by atoms with E-state index < -0.39 is 0 Å². The molecular formula is C15H19N7O. The van der Waals surface area contributed by atoms with Crippen molar-refractivity contribution < 1.29 is 5.11 Å². The van der Waals surface area contributed by atoms with E-state index in [1.54, 1.807) is 0 Å². The lowest BCUT2D eigenvalue weighted by Crippen LogP contribution is -2.37. The van der Waals surface area contributed by atoms with Crippen molar-refractivity contribution in [1.29, 1.82) is 0 Å². The van der Waals surface area contributed by atoms with Crippen molar-refractivity contribution in [1.82, 2.24) is 24.8 Å². The van der Waals surface area contributed by atoms with Gasteiger partial charge in [-0.25, -0.2) is 4.52 Å². The lowest BCUT2D eigenvalue weighted by atomic mass is 10.1. The van der Waals surface area contributed by atoms with E-state index >= 15 is 0 Å². The van der Waals surface area contributed by atoms with E-state index in [9.17, 15) is 5.11 Å². The number of piperidine rings is 1. The summed E-state index contributed by atoms with van der Waals surface area (Å²) in [4.78, 5) is 6.78. The van der Waals surface area contributed by atoms with Crippen molar-refractivity contribution in [2.45, 2.75) is 25.9 Å². The number of anilines is 3. The third-order valence-electron chi connectivity index (χ3n) is 4.08. The number of hydrogen-bond acceptors (Lipinski definition) is 6. The fourth-order valence-corrected chi connectivity index (χ4v) is 2.82. The maximum Gasteiger partial charge on any atom is 0.245 e. The van der Waals surface area contributed by atoms with Crippen LogP contribution in [-0.2, 0) is 0 Å². The Morgan fingerprint density at radius 3 is 2.91 bits per heavy atom. The van der Waals surface area contributed by atoms with Crippen LogP contribution in [0.3, 0.4) is 0 Å². The van der Waals surface area contributed by atoms with Gasteiger partial charge < -0.3 is 15.3 Å². The number of H-pyrrole nitrogens is 1. The van der Waals surface area contributed by atoms with E-state index in [-0.39, 0.29) is 6.10 Å². The Morgan fingerprint density at radius 2 is 2.17 bits per heavy atom. The van der Waals surface area contributed by atoms with Crippen LogP contribution in [-0.4, -0.2) is 49.1 Å². The van der Waals surface area contributed by atoms with E-state index in [1.165, 1.54) is 0 Å². The summed E-state index contributed by atoms with van der Waals surface area (Å²) in [6, 6.07) is 5.83. The fraction of sp³-hybridized carbons (Fsp3) is 0.400. The van der Waals surface area contributed by atoms with Gasteiger partial charge >= 0.3 is 0 Å². The molecule has 0 aliphatic carbocycles. The van der Waals surface area contributed by atoms with Crippen molar-refractivity contribution >= 4 is 23.1 Å². The lowest BCUT2D eigenvalue weighted by Gasteiger charge is -2.29. The molecule has 0 amide bonds. The second-order valence-electron chi connectivity index (χ2n) is 5.88. The Hall–Kier alpha value is -2.61. The Kier molecular flexibility index (Phi) is 3.38. The third-order valence-corrected chi connectivity index (χ3v) is 4.08. The first kappa shape index (κ1) is 14.0. The first-order chi connectivity index (χ1) is 11.2. The van der Waals surface area contributed by atoms with Crippen LogP contribution in [0.5, 0.6) is 0 Å². The van der Waals surface area contributed by atoms with Gasteiger partial charge in [0, 0.05) is 31.0 Å². The number of nitrogens with one attached hydrogen (secondary N) is 2. The van der Waals surface area contributed by atoms with E-state index in [2.05, 4.69) is 30.5 Å². The van der Waals surface area contributed by atoms with Crippen LogP contribution in [0.25, 0.3) is 5.52 Å². The van der Waals surface area contributed by atoms with Gasteiger partial charge in [-0.05, 0) is 31.9 Å². The number of aliphatic hydroxyl groups is 1. The highest BCUT2D eigenvalue weighted by Crippen LogP contribution is 2.23. The zero-order valence-corrected chi connectivity index (χ0v) is 12.9. The van der Waals surface area contributed by atoms with Crippen molar-refractivity contribution in [3.63, 3.8) is 0 Å². The van der Waals surface area contributed by atoms with Crippen molar-refractivity contribution in [3.05, 3.63) is 30.1 Å². The smallest absolute Gasteiger partial charge is 0.245 e. The molecule has 23 heavy (non-hydrogen) atoms. The summed E-state index contributed by atoms with van der Waals surface area (Å²) in [6.45, 7) is 3.47. The number of aromatic amines is 1. The predicted octanol–water partition coefficient (Wildman–Crippen LogP) is 1.47. The van der Waals surface area contributed by atoms with E-state index in [0.29, 0.717) is 5.95 Å². The summed E-state index contributed by atoms with van der Waals surface area (Å²) < 4.78 is 1.81. The minimum absolute atomic E-state index is 0.216. The normalized spacial score (nSPS) is 16.2. The number of aryl methyl sites for hydroxylation is 1. The van der Waals surface area contributed by atoms with Gasteiger partial charge in [-0.2, -0.15) is 10.1 Å². The van der Waals surface area contributed by atoms with Crippen molar-refractivity contribution in [3.8, 4) is 0 Å². The molecule has 8 heteroatoms. The number of fused-ring (bicyclic) bond motifs is 1. The molecular weight excluding hydrogens is 294 g/mol. The Bertz CT molecular complexity index is 816. The number of rotatable bonds is 3. The molecule has 120 valence electrons. The lowest BCUT2D eigenvalue weighted by molar-refractivity contribution is 0.145.